The first-order valence-electron chi connectivity index (χ1n) is 7.95. The summed E-state index contributed by atoms with van der Waals surface area (Å²) in [6, 6.07) is 12.3. The first kappa shape index (κ1) is 16.9. The first-order valence-corrected chi connectivity index (χ1v) is 7.95. The van der Waals surface area contributed by atoms with Gasteiger partial charge in [0.1, 0.15) is 11.6 Å². The third-order valence-corrected chi connectivity index (χ3v) is 3.72. The number of aromatic hydroxyl groups is 1. The van der Waals surface area contributed by atoms with Gasteiger partial charge in [0.15, 0.2) is 5.82 Å². The fourth-order valence-corrected chi connectivity index (χ4v) is 2.43. The van der Waals surface area contributed by atoms with E-state index in [0.29, 0.717) is 5.69 Å². The number of rotatable bonds is 4. The average molecular weight is 373 g/mol. The minimum atomic E-state index is -0.648. The fraction of sp³-hybridized carbons (Fsp3) is 0. The molecule has 0 saturated carbocycles. The van der Waals surface area contributed by atoms with Gasteiger partial charge in [-0.25, -0.2) is 14.6 Å². The number of nitrogens with one attached hydrogen (secondary N) is 1. The van der Waals surface area contributed by atoms with Gasteiger partial charge in [0, 0.05) is 12.4 Å². The van der Waals surface area contributed by atoms with Gasteiger partial charge in [0.2, 0.25) is 11.6 Å². The molecule has 4 rings (SSSR count). The van der Waals surface area contributed by atoms with Crippen LogP contribution in [0.2, 0.25) is 0 Å². The van der Waals surface area contributed by atoms with E-state index in [-0.39, 0.29) is 23.0 Å². The van der Waals surface area contributed by atoms with E-state index >= 15 is 0 Å². The lowest BCUT2D eigenvalue weighted by Gasteiger charge is -2.02. The molecule has 2 N–H and O–H groups in total. The van der Waals surface area contributed by atoms with Gasteiger partial charge in [-0.3, -0.25) is 9.89 Å². The summed E-state index contributed by atoms with van der Waals surface area (Å²) in [7, 11) is 0. The number of aromatic nitrogens is 6. The van der Waals surface area contributed by atoms with Gasteiger partial charge in [-0.15, -0.1) is 10.2 Å². The summed E-state index contributed by atoms with van der Waals surface area (Å²) in [5, 5.41) is 33.9. The number of benzene rings is 1. The van der Waals surface area contributed by atoms with Crippen LogP contribution in [0, 0.1) is 11.3 Å². The Hall–Kier alpha value is -4.59. The Bertz CT molecular complexity index is 1250. The van der Waals surface area contributed by atoms with Crippen LogP contribution < -0.4 is 5.56 Å². The van der Waals surface area contributed by atoms with E-state index in [9.17, 15) is 15.2 Å². The number of hydrogen-bond donors (Lipinski definition) is 2. The molecule has 1 aromatic carbocycles. The number of nitriles is 1. The smallest absolute Gasteiger partial charge is 0.296 e. The molecule has 0 atom stereocenters. The molecular formula is C17H11N9O2. The number of azo groups is 1. The lowest BCUT2D eigenvalue weighted by molar-refractivity contribution is 0.434. The van der Waals surface area contributed by atoms with Crippen molar-refractivity contribution in [2.24, 2.45) is 10.2 Å². The van der Waals surface area contributed by atoms with E-state index in [1.807, 2.05) is 6.07 Å². The number of nitrogens with zero attached hydrogens (tertiary/aromatic N) is 8. The summed E-state index contributed by atoms with van der Waals surface area (Å²) in [5.41, 5.74) is -0.311. The van der Waals surface area contributed by atoms with Crippen molar-refractivity contribution >= 4 is 11.5 Å². The van der Waals surface area contributed by atoms with Crippen LogP contribution in [0.25, 0.3) is 11.6 Å². The van der Waals surface area contributed by atoms with Crippen LogP contribution in [-0.4, -0.2) is 34.6 Å². The van der Waals surface area contributed by atoms with Crippen molar-refractivity contribution in [1.82, 2.24) is 29.5 Å². The number of hydrogen-bond acceptors (Lipinski definition) is 8. The van der Waals surface area contributed by atoms with Crippen LogP contribution in [0.1, 0.15) is 5.56 Å². The Labute approximate surface area is 156 Å². The predicted molar refractivity (Wildman–Crippen MR) is 96.1 cm³/mol. The molecule has 0 aliphatic rings. The fourth-order valence-electron chi connectivity index (χ4n) is 2.43. The van der Waals surface area contributed by atoms with Crippen molar-refractivity contribution in [2.45, 2.75) is 0 Å². The second kappa shape index (κ2) is 6.96. The van der Waals surface area contributed by atoms with Crippen molar-refractivity contribution < 1.29 is 5.11 Å². The quantitative estimate of drug-likeness (QED) is 0.523. The highest BCUT2D eigenvalue weighted by Crippen LogP contribution is 2.28. The van der Waals surface area contributed by atoms with Crippen molar-refractivity contribution in [2.75, 3.05) is 0 Å². The second-order valence-electron chi connectivity index (χ2n) is 5.44. The summed E-state index contributed by atoms with van der Waals surface area (Å²) in [6.07, 6.45) is 4.30. The molecule has 0 unspecified atom stereocenters. The van der Waals surface area contributed by atoms with Gasteiger partial charge >= 0.3 is 0 Å². The third kappa shape index (κ3) is 2.90. The summed E-state index contributed by atoms with van der Waals surface area (Å²) >= 11 is 0. The normalized spacial score (nSPS) is 11.0. The van der Waals surface area contributed by atoms with E-state index in [1.165, 1.54) is 28.0 Å². The molecule has 0 radical (unpaired) electrons. The molecule has 0 amide bonds. The van der Waals surface area contributed by atoms with Gasteiger partial charge in [-0.2, -0.15) is 15.0 Å². The van der Waals surface area contributed by atoms with Crippen LogP contribution in [-0.2, 0) is 0 Å². The Morgan fingerprint density at radius 3 is 2.57 bits per heavy atom. The molecule has 0 aliphatic carbocycles. The van der Waals surface area contributed by atoms with Crippen LogP contribution >= 0.6 is 0 Å². The molecule has 11 heteroatoms. The van der Waals surface area contributed by atoms with E-state index < -0.39 is 11.4 Å². The van der Waals surface area contributed by atoms with Crippen LogP contribution in [0.15, 0.2) is 70.0 Å². The molecular weight excluding hydrogens is 362 g/mol. The van der Waals surface area contributed by atoms with E-state index in [0.717, 1.165) is 0 Å². The van der Waals surface area contributed by atoms with E-state index in [1.54, 1.807) is 36.4 Å². The summed E-state index contributed by atoms with van der Waals surface area (Å²) in [5.74, 6) is -0.210. The Kier molecular flexibility index (Phi) is 4.19. The highest BCUT2D eigenvalue weighted by Gasteiger charge is 2.17. The summed E-state index contributed by atoms with van der Waals surface area (Å²) < 4.78 is 2.39. The molecule has 3 aromatic heterocycles. The largest absolute Gasteiger partial charge is 0.492 e. The summed E-state index contributed by atoms with van der Waals surface area (Å²) in [6.45, 7) is 0. The molecule has 0 aliphatic heterocycles. The van der Waals surface area contributed by atoms with E-state index in [4.69, 9.17) is 0 Å². The zero-order valence-corrected chi connectivity index (χ0v) is 14.1. The Morgan fingerprint density at radius 2 is 1.86 bits per heavy atom. The predicted octanol–water partition coefficient (Wildman–Crippen LogP) is 2.13. The molecule has 3 heterocycles. The SMILES string of the molecule is N#Cc1cnn(-c2ncccn2)c1N=Nc1c(O)n(-c2ccccc2)[nH]c1=O. The topological polar surface area (TPSA) is 150 Å². The third-order valence-electron chi connectivity index (χ3n) is 3.72. The molecule has 136 valence electrons. The van der Waals surface area contributed by atoms with Crippen molar-refractivity contribution in [3.63, 3.8) is 0 Å². The summed E-state index contributed by atoms with van der Waals surface area (Å²) in [4.78, 5) is 20.3. The zero-order valence-electron chi connectivity index (χ0n) is 14.1. The van der Waals surface area contributed by atoms with Gasteiger partial charge < -0.3 is 5.11 Å². The number of para-hydroxylation sites is 1. The Morgan fingerprint density at radius 1 is 1.11 bits per heavy atom. The molecule has 0 spiro atoms. The highest BCUT2D eigenvalue weighted by atomic mass is 16.3. The van der Waals surface area contributed by atoms with Gasteiger partial charge in [-0.1, -0.05) is 18.2 Å². The monoisotopic (exact) mass is 373 g/mol. The molecule has 28 heavy (non-hydrogen) atoms. The minimum Gasteiger partial charge on any atom is -0.492 e. The highest BCUT2D eigenvalue weighted by molar-refractivity contribution is 5.52. The molecule has 0 saturated heterocycles. The first-order chi connectivity index (χ1) is 13.7. The minimum absolute atomic E-state index is 0.0277. The maximum Gasteiger partial charge on any atom is 0.296 e. The zero-order chi connectivity index (χ0) is 19.5. The molecule has 4 aromatic rings. The number of H-pyrrole nitrogens is 1. The maximum absolute atomic E-state index is 12.2. The van der Waals surface area contributed by atoms with Crippen molar-refractivity contribution in [3.8, 4) is 23.6 Å². The lowest BCUT2D eigenvalue weighted by Crippen LogP contribution is -2.03. The lowest BCUT2D eigenvalue weighted by atomic mass is 10.3. The van der Waals surface area contributed by atoms with Crippen LogP contribution in [0.4, 0.5) is 11.5 Å². The van der Waals surface area contributed by atoms with E-state index in [2.05, 4.69) is 30.4 Å². The standard InChI is InChI=1S/C17H11N9O2/c18-9-11-10-21-26(17-19-7-4-8-20-17)14(11)23-22-13-15(27)24-25(16(13)28)12-5-2-1-3-6-12/h1-8,10,28H,(H,24,27). The van der Waals surface area contributed by atoms with Gasteiger partial charge in [0.25, 0.3) is 11.5 Å². The van der Waals surface area contributed by atoms with Crippen molar-refractivity contribution in [3.05, 3.63) is 70.9 Å². The maximum atomic E-state index is 12.2. The Balaban J connectivity index is 1.78. The van der Waals surface area contributed by atoms with Gasteiger partial charge in [-0.05, 0) is 18.2 Å². The van der Waals surface area contributed by atoms with Gasteiger partial charge in [0.05, 0.1) is 11.9 Å². The molecule has 0 fully saturated rings. The van der Waals surface area contributed by atoms with Crippen LogP contribution in [0.3, 0.4) is 0 Å². The molecule has 11 nitrogen and oxygen atoms in total. The average Bonchev–Trinajstić information content (AvgIpc) is 3.28. The van der Waals surface area contributed by atoms with Crippen LogP contribution in [0.5, 0.6) is 5.88 Å². The molecule has 0 bridgehead atoms. The number of aromatic amines is 1. The second-order valence-corrected chi connectivity index (χ2v) is 5.44. The van der Waals surface area contributed by atoms with Crippen molar-refractivity contribution in [1.29, 1.82) is 5.26 Å².